The van der Waals surface area contributed by atoms with E-state index in [2.05, 4.69) is 29.2 Å². The first-order valence-electron chi connectivity index (χ1n) is 4.98. The Labute approximate surface area is 89.0 Å². The molecular weight excluding hydrogens is 188 g/mol. The molecule has 0 saturated carbocycles. The van der Waals surface area contributed by atoms with Gasteiger partial charge in [-0.25, -0.2) is 9.67 Å². The Morgan fingerprint density at radius 2 is 2.20 bits per heavy atom. The highest BCUT2D eigenvalue weighted by Gasteiger charge is 2.01. The molecule has 15 heavy (non-hydrogen) atoms. The molecule has 0 saturated heterocycles. The quantitative estimate of drug-likeness (QED) is 0.828. The number of hydrogen-bond acceptors (Lipinski definition) is 3. The molecule has 0 aliphatic heterocycles. The molecular formula is C11H14N4. The normalized spacial score (nSPS) is 10.6. The molecule has 0 unspecified atom stereocenters. The molecule has 1 N–H and O–H groups in total. The number of nitrogens with one attached hydrogen (secondary N) is 1. The topological polar surface area (TPSA) is 42.7 Å². The van der Waals surface area contributed by atoms with Crippen molar-refractivity contribution in [2.75, 3.05) is 5.32 Å². The van der Waals surface area contributed by atoms with Crippen molar-refractivity contribution in [1.29, 1.82) is 0 Å². The summed E-state index contributed by atoms with van der Waals surface area (Å²) in [5.41, 5.74) is 1.01. The minimum atomic E-state index is 0.409. The lowest BCUT2D eigenvalue weighted by atomic mass is 10.4. The van der Waals surface area contributed by atoms with Crippen molar-refractivity contribution >= 4 is 5.69 Å². The molecule has 4 nitrogen and oxygen atoms in total. The molecule has 0 spiro atoms. The highest BCUT2D eigenvalue weighted by atomic mass is 15.3. The molecule has 78 valence electrons. The van der Waals surface area contributed by atoms with Crippen molar-refractivity contribution in [2.45, 2.75) is 19.9 Å². The third-order valence-electron chi connectivity index (χ3n) is 1.92. The smallest absolute Gasteiger partial charge is 0.153 e. The number of pyridine rings is 1. The van der Waals surface area contributed by atoms with Gasteiger partial charge in [0.15, 0.2) is 5.82 Å². The largest absolute Gasteiger partial charge is 0.380 e. The average Bonchev–Trinajstić information content (AvgIpc) is 2.67. The summed E-state index contributed by atoms with van der Waals surface area (Å²) in [6.45, 7) is 4.19. The van der Waals surface area contributed by atoms with E-state index in [9.17, 15) is 0 Å². The molecule has 0 radical (unpaired) electrons. The minimum Gasteiger partial charge on any atom is -0.380 e. The van der Waals surface area contributed by atoms with Gasteiger partial charge in [0.1, 0.15) is 0 Å². The second kappa shape index (κ2) is 4.13. The molecule has 2 aromatic rings. The van der Waals surface area contributed by atoms with Gasteiger partial charge in [0, 0.05) is 12.2 Å². The van der Waals surface area contributed by atoms with E-state index in [1.54, 1.807) is 17.1 Å². The Balaban J connectivity index is 2.21. The summed E-state index contributed by atoms with van der Waals surface area (Å²) in [5.74, 6) is 0.828. The van der Waals surface area contributed by atoms with Crippen LogP contribution in [-0.2, 0) is 0 Å². The zero-order chi connectivity index (χ0) is 10.7. The summed E-state index contributed by atoms with van der Waals surface area (Å²) in [6, 6.07) is 6.16. The van der Waals surface area contributed by atoms with Crippen molar-refractivity contribution in [3.63, 3.8) is 0 Å². The summed E-state index contributed by atoms with van der Waals surface area (Å²) < 4.78 is 1.75. The Kier molecular flexibility index (Phi) is 2.67. The third-order valence-corrected chi connectivity index (χ3v) is 1.92. The number of anilines is 1. The Hall–Kier alpha value is -1.84. The number of hydrogen-bond donors (Lipinski definition) is 1. The number of rotatable bonds is 3. The van der Waals surface area contributed by atoms with Crippen LogP contribution in [0.25, 0.3) is 5.82 Å². The third kappa shape index (κ3) is 2.34. The van der Waals surface area contributed by atoms with Gasteiger partial charge in [0.2, 0.25) is 0 Å². The molecule has 2 heterocycles. The highest BCUT2D eigenvalue weighted by molar-refractivity contribution is 5.41. The van der Waals surface area contributed by atoms with Crippen LogP contribution in [0.5, 0.6) is 0 Å². The van der Waals surface area contributed by atoms with Gasteiger partial charge in [-0.2, -0.15) is 5.10 Å². The fraction of sp³-hybridized carbons (Fsp3) is 0.273. The molecule has 0 aromatic carbocycles. The summed E-state index contributed by atoms with van der Waals surface area (Å²) in [6.07, 6.45) is 5.49. The maximum absolute atomic E-state index is 4.23. The number of aromatic nitrogens is 3. The predicted molar refractivity (Wildman–Crippen MR) is 60.1 cm³/mol. The molecule has 0 aliphatic carbocycles. The van der Waals surface area contributed by atoms with Gasteiger partial charge in [-0.3, -0.25) is 0 Å². The van der Waals surface area contributed by atoms with Crippen LogP contribution in [0.15, 0.2) is 36.8 Å². The first-order valence-corrected chi connectivity index (χ1v) is 4.98. The Morgan fingerprint density at radius 1 is 1.33 bits per heavy atom. The van der Waals surface area contributed by atoms with E-state index in [-0.39, 0.29) is 0 Å². The fourth-order valence-corrected chi connectivity index (χ4v) is 1.35. The summed E-state index contributed by atoms with van der Waals surface area (Å²) in [7, 11) is 0. The lowest BCUT2D eigenvalue weighted by molar-refractivity contribution is 0.846. The van der Waals surface area contributed by atoms with Crippen molar-refractivity contribution in [2.24, 2.45) is 0 Å². The average molecular weight is 202 g/mol. The van der Waals surface area contributed by atoms with Crippen LogP contribution in [0.1, 0.15) is 13.8 Å². The van der Waals surface area contributed by atoms with E-state index < -0.39 is 0 Å². The van der Waals surface area contributed by atoms with Gasteiger partial charge >= 0.3 is 0 Å². The van der Waals surface area contributed by atoms with Crippen LogP contribution in [0, 0.1) is 0 Å². The molecule has 0 fully saturated rings. The first kappa shape index (κ1) is 9.71. The lowest BCUT2D eigenvalue weighted by Gasteiger charge is -2.05. The van der Waals surface area contributed by atoms with Crippen LogP contribution in [-0.4, -0.2) is 20.8 Å². The fourth-order valence-electron chi connectivity index (χ4n) is 1.35. The Bertz CT molecular complexity index is 419. The maximum atomic E-state index is 4.23. The van der Waals surface area contributed by atoms with Crippen LogP contribution in [0.4, 0.5) is 5.69 Å². The highest BCUT2D eigenvalue weighted by Crippen LogP contribution is 2.09. The van der Waals surface area contributed by atoms with E-state index in [1.165, 1.54) is 0 Å². The lowest BCUT2D eigenvalue weighted by Crippen LogP contribution is -2.08. The van der Waals surface area contributed by atoms with Crippen LogP contribution >= 0.6 is 0 Å². The zero-order valence-corrected chi connectivity index (χ0v) is 8.88. The number of nitrogens with zero attached hydrogens (tertiary/aromatic N) is 3. The van der Waals surface area contributed by atoms with Crippen LogP contribution in [0.3, 0.4) is 0 Å². The summed E-state index contributed by atoms with van der Waals surface area (Å²) in [5, 5.41) is 7.51. The monoisotopic (exact) mass is 202 g/mol. The van der Waals surface area contributed by atoms with Gasteiger partial charge in [0.05, 0.1) is 18.1 Å². The van der Waals surface area contributed by atoms with Crippen molar-refractivity contribution in [3.8, 4) is 5.82 Å². The Morgan fingerprint density at radius 3 is 2.87 bits per heavy atom. The minimum absolute atomic E-state index is 0.409. The first-order chi connectivity index (χ1) is 7.25. The zero-order valence-electron chi connectivity index (χ0n) is 8.88. The van der Waals surface area contributed by atoms with E-state index in [4.69, 9.17) is 0 Å². The molecule has 0 amide bonds. The molecule has 2 rings (SSSR count). The van der Waals surface area contributed by atoms with E-state index in [0.717, 1.165) is 11.5 Å². The second-order valence-corrected chi connectivity index (χ2v) is 3.66. The van der Waals surface area contributed by atoms with E-state index in [0.29, 0.717) is 6.04 Å². The molecule has 0 bridgehead atoms. The van der Waals surface area contributed by atoms with Crippen molar-refractivity contribution in [3.05, 3.63) is 36.8 Å². The summed E-state index contributed by atoms with van der Waals surface area (Å²) >= 11 is 0. The standard InChI is InChI=1S/C11H14N4/c1-9(2)14-10-7-13-15(8-10)11-5-3-4-6-12-11/h3-9,14H,1-2H3. The van der Waals surface area contributed by atoms with Gasteiger partial charge < -0.3 is 5.32 Å². The van der Waals surface area contributed by atoms with Gasteiger partial charge in [0.25, 0.3) is 0 Å². The van der Waals surface area contributed by atoms with Crippen molar-refractivity contribution in [1.82, 2.24) is 14.8 Å². The van der Waals surface area contributed by atoms with E-state index >= 15 is 0 Å². The maximum Gasteiger partial charge on any atom is 0.153 e. The predicted octanol–water partition coefficient (Wildman–Crippen LogP) is 2.09. The van der Waals surface area contributed by atoms with Gasteiger partial charge in [-0.05, 0) is 26.0 Å². The van der Waals surface area contributed by atoms with Crippen LogP contribution in [0.2, 0.25) is 0 Å². The molecule has 0 aliphatic rings. The van der Waals surface area contributed by atoms with Crippen molar-refractivity contribution < 1.29 is 0 Å². The SMILES string of the molecule is CC(C)Nc1cnn(-c2ccccn2)c1. The molecule has 0 atom stereocenters. The molecule has 2 aromatic heterocycles. The molecule has 4 heteroatoms. The second-order valence-electron chi connectivity index (χ2n) is 3.66. The van der Waals surface area contributed by atoms with E-state index in [1.807, 2.05) is 24.4 Å². The summed E-state index contributed by atoms with van der Waals surface area (Å²) in [4.78, 5) is 4.21. The van der Waals surface area contributed by atoms with Gasteiger partial charge in [-0.15, -0.1) is 0 Å². The van der Waals surface area contributed by atoms with Crippen LogP contribution < -0.4 is 5.32 Å². The van der Waals surface area contributed by atoms with Gasteiger partial charge in [-0.1, -0.05) is 6.07 Å².